The minimum atomic E-state index is 0. The normalized spacial score (nSPS) is 10.9. The zero-order chi connectivity index (χ0) is 18.8. The van der Waals surface area contributed by atoms with Crippen LogP contribution in [0.5, 0.6) is 5.75 Å². The van der Waals surface area contributed by atoms with Gasteiger partial charge in [-0.3, -0.25) is 9.98 Å². The van der Waals surface area contributed by atoms with Gasteiger partial charge in [0.15, 0.2) is 5.96 Å². The van der Waals surface area contributed by atoms with Crippen molar-refractivity contribution in [3.05, 3.63) is 58.4 Å². The third kappa shape index (κ3) is 8.34. The molecule has 0 radical (unpaired) electrons. The molecule has 1 aromatic carbocycles. The molecule has 0 spiro atoms. The van der Waals surface area contributed by atoms with E-state index in [1.165, 1.54) is 5.56 Å². The lowest BCUT2D eigenvalue weighted by molar-refractivity contribution is 0.414. The van der Waals surface area contributed by atoms with Crippen LogP contribution in [0.15, 0.2) is 41.5 Å². The van der Waals surface area contributed by atoms with Gasteiger partial charge < -0.3 is 15.4 Å². The summed E-state index contributed by atoms with van der Waals surface area (Å²) in [7, 11) is 1.64. The quantitative estimate of drug-likeness (QED) is 0.325. The lowest BCUT2D eigenvalue weighted by Gasteiger charge is -2.11. The Morgan fingerprint density at radius 2 is 2.00 bits per heavy atom. The van der Waals surface area contributed by atoms with Crippen molar-refractivity contribution in [2.24, 2.45) is 4.99 Å². The summed E-state index contributed by atoms with van der Waals surface area (Å²) in [5.74, 6) is 1.58. The summed E-state index contributed by atoms with van der Waals surface area (Å²) in [4.78, 5) is 8.95. The summed E-state index contributed by atoms with van der Waals surface area (Å²) >= 11 is 6.28. The summed E-state index contributed by atoms with van der Waals surface area (Å²) in [6, 6.07) is 9.89. The van der Waals surface area contributed by atoms with E-state index in [0.29, 0.717) is 11.6 Å². The van der Waals surface area contributed by atoms with E-state index in [1.807, 2.05) is 37.4 Å². The zero-order valence-corrected chi connectivity index (χ0v) is 19.2. The van der Waals surface area contributed by atoms with Gasteiger partial charge in [-0.2, -0.15) is 0 Å². The molecule has 27 heavy (non-hydrogen) atoms. The van der Waals surface area contributed by atoms with Gasteiger partial charge >= 0.3 is 0 Å². The van der Waals surface area contributed by atoms with Crippen LogP contribution in [0.2, 0.25) is 5.02 Å². The molecule has 1 aromatic heterocycles. The highest BCUT2D eigenvalue weighted by molar-refractivity contribution is 14.0. The van der Waals surface area contributed by atoms with Crippen LogP contribution in [0.3, 0.4) is 0 Å². The molecule has 0 aliphatic rings. The molecule has 1 heterocycles. The number of ether oxygens (including phenoxy) is 1. The lowest BCUT2D eigenvalue weighted by Crippen LogP contribution is -2.38. The summed E-state index contributed by atoms with van der Waals surface area (Å²) in [6.07, 6.45) is 3.61. The number of benzene rings is 1. The molecule has 2 N–H and O–H groups in total. The standard InChI is InChI=1S/C20H27ClN4O.HI/c1-4-22-20(23-11-9-16-6-5-15(2)25-14-16)24-12-10-17-7-8-18(26-3)13-19(17)21;/h5-8,13-14H,4,9-12H2,1-3H3,(H2,22,23,24);1H. The highest BCUT2D eigenvalue weighted by Gasteiger charge is 2.03. The number of halogens is 2. The molecule has 2 rings (SSSR count). The maximum absolute atomic E-state index is 6.28. The first-order chi connectivity index (χ1) is 12.6. The molecule has 0 saturated heterocycles. The van der Waals surface area contributed by atoms with Crippen molar-refractivity contribution in [1.29, 1.82) is 0 Å². The molecular weight excluding hydrogens is 475 g/mol. The Labute approximate surface area is 184 Å². The SMILES string of the molecule is CCNC(=NCCc1ccc(OC)cc1Cl)NCCc1ccc(C)nc1.I. The predicted octanol–water partition coefficient (Wildman–Crippen LogP) is 4.01. The average molecular weight is 503 g/mol. The third-order valence-electron chi connectivity index (χ3n) is 3.93. The van der Waals surface area contributed by atoms with Crippen molar-refractivity contribution >= 4 is 41.5 Å². The monoisotopic (exact) mass is 502 g/mol. The van der Waals surface area contributed by atoms with Crippen LogP contribution >= 0.6 is 35.6 Å². The van der Waals surface area contributed by atoms with E-state index in [9.17, 15) is 0 Å². The Morgan fingerprint density at radius 3 is 2.63 bits per heavy atom. The molecule has 148 valence electrons. The molecule has 0 bridgehead atoms. The van der Waals surface area contributed by atoms with Gasteiger partial charge in [0.1, 0.15) is 5.75 Å². The zero-order valence-electron chi connectivity index (χ0n) is 16.1. The van der Waals surface area contributed by atoms with Crippen LogP contribution < -0.4 is 15.4 Å². The molecule has 0 aliphatic carbocycles. The fraction of sp³-hybridized carbons (Fsp3) is 0.400. The maximum Gasteiger partial charge on any atom is 0.191 e. The number of methoxy groups -OCH3 is 1. The summed E-state index contributed by atoms with van der Waals surface area (Å²) in [5, 5.41) is 7.34. The minimum absolute atomic E-state index is 0. The first-order valence-electron chi connectivity index (χ1n) is 8.88. The van der Waals surface area contributed by atoms with Crippen LogP contribution in [0.1, 0.15) is 23.7 Å². The lowest BCUT2D eigenvalue weighted by atomic mass is 10.1. The average Bonchev–Trinajstić information content (AvgIpc) is 2.64. The van der Waals surface area contributed by atoms with E-state index in [1.54, 1.807) is 7.11 Å². The van der Waals surface area contributed by atoms with Crippen molar-refractivity contribution in [3.8, 4) is 5.75 Å². The fourth-order valence-electron chi connectivity index (χ4n) is 2.46. The number of aliphatic imine (C=N–C) groups is 1. The van der Waals surface area contributed by atoms with E-state index in [4.69, 9.17) is 16.3 Å². The number of guanidine groups is 1. The smallest absolute Gasteiger partial charge is 0.191 e. The van der Waals surface area contributed by atoms with Crippen molar-refractivity contribution < 1.29 is 4.74 Å². The molecule has 5 nitrogen and oxygen atoms in total. The van der Waals surface area contributed by atoms with Crippen LogP contribution in [-0.4, -0.2) is 37.7 Å². The summed E-state index contributed by atoms with van der Waals surface area (Å²) < 4.78 is 5.18. The molecule has 0 saturated carbocycles. The molecule has 0 atom stereocenters. The Balaban J connectivity index is 0.00000364. The minimum Gasteiger partial charge on any atom is -0.497 e. The van der Waals surface area contributed by atoms with E-state index in [0.717, 1.165) is 48.9 Å². The number of rotatable bonds is 8. The van der Waals surface area contributed by atoms with Crippen LogP contribution in [-0.2, 0) is 12.8 Å². The Hall–Kier alpha value is -1.54. The number of aryl methyl sites for hydroxylation is 1. The molecule has 7 heteroatoms. The fourth-order valence-corrected chi connectivity index (χ4v) is 2.72. The van der Waals surface area contributed by atoms with E-state index >= 15 is 0 Å². The number of hydrogen-bond acceptors (Lipinski definition) is 3. The highest BCUT2D eigenvalue weighted by atomic mass is 127. The van der Waals surface area contributed by atoms with Crippen LogP contribution in [0, 0.1) is 6.92 Å². The summed E-state index contributed by atoms with van der Waals surface area (Å²) in [6.45, 7) is 6.34. The number of pyridine rings is 1. The van der Waals surface area contributed by atoms with Crippen LogP contribution in [0.4, 0.5) is 0 Å². The second-order valence-corrected chi connectivity index (χ2v) is 6.36. The summed E-state index contributed by atoms with van der Waals surface area (Å²) in [5.41, 5.74) is 3.32. The largest absolute Gasteiger partial charge is 0.497 e. The van der Waals surface area contributed by atoms with Gasteiger partial charge in [-0.05, 0) is 56.0 Å². The number of aromatic nitrogens is 1. The van der Waals surface area contributed by atoms with Crippen molar-refractivity contribution in [2.45, 2.75) is 26.7 Å². The van der Waals surface area contributed by atoms with Crippen molar-refractivity contribution in [2.75, 3.05) is 26.7 Å². The Kier molecular flexibility index (Phi) is 11.1. The van der Waals surface area contributed by atoms with Crippen LogP contribution in [0.25, 0.3) is 0 Å². The number of hydrogen-bond donors (Lipinski definition) is 2. The molecule has 0 amide bonds. The van der Waals surface area contributed by atoms with E-state index < -0.39 is 0 Å². The Bertz CT molecular complexity index is 722. The first kappa shape index (κ1) is 23.5. The van der Waals surface area contributed by atoms with Gasteiger partial charge in [-0.25, -0.2) is 0 Å². The maximum atomic E-state index is 6.28. The Morgan fingerprint density at radius 1 is 1.19 bits per heavy atom. The van der Waals surface area contributed by atoms with Gasteiger partial charge in [0, 0.05) is 36.5 Å². The topological polar surface area (TPSA) is 58.5 Å². The van der Waals surface area contributed by atoms with Crippen molar-refractivity contribution in [1.82, 2.24) is 15.6 Å². The molecule has 0 fully saturated rings. The molecular formula is C20H28ClIN4O. The van der Waals surface area contributed by atoms with Gasteiger partial charge in [0.05, 0.1) is 7.11 Å². The number of nitrogens with one attached hydrogen (secondary N) is 2. The second-order valence-electron chi connectivity index (χ2n) is 5.95. The van der Waals surface area contributed by atoms with Gasteiger partial charge in [0.2, 0.25) is 0 Å². The van der Waals surface area contributed by atoms with Gasteiger partial charge in [0.25, 0.3) is 0 Å². The third-order valence-corrected chi connectivity index (χ3v) is 4.29. The van der Waals surface area contributed by atoms with E-state index in [2.05, 4.69) is 33.6 Å². The predicted molar refractivity (Wildman–Crippen MR) is 124 cm³/mol. The van der Waals surface area contributed by atoms with Crippen molar-refractivity contribution in [3.63, 3.8) is 0 Å². The second kappa shape index (κ2) is 12.8. The van der Waals surface area contributed by atoms with Gasteiger partial charge in [-0.1, -0.05) is 23.7 Å². The number of nitrogens with zero attached hydrogens (tertiary/aromatic N) is 2. The first-order valence-corrected chi connectivity index (χ1v) is 9.26. The molecule has 0 aliphatic heterocycles. The molecule has 2 aromatic rings. The molecule has 0 unspecified atom stereocenters. The van der Waals surface area contributed by atoms with Gasteiger partial charge in [-0.15, -0.1) is 24.0 Å². The highest BCUT2D eigenvalue weighted by Crippen LogP contribution is 2.22. The van der Waals surface area contributed by atoms with E-state index in [-0.39, 0.29) is 24.0 Å².